The predicted molar refractivity (Wildman–Crippen MR) is 105 cm³/mol. The fourth-order valence-electron chi connectivity index (χ4n) is 4.26. The molecule has 5 nitrogen and oxygen atoms in total. The summed E-state index contributed by atoms with van der Waals surface area (Å²) in [5, 5.41) is 0. The lowest BCUT2D eigenvalue weighted by Gasteiger charge is -2.26. The first-order chi connectivity index (χ1) is 13.0. The number of amides is 1. The summed E-state index contributed by atoms with van der Waals surface area (Å²) in [4.78, 5) is 33.4. The van der Waals surface area contributed by atoms with Crippen molar-refractivity contribution in [1.82, 2.24) is 14.8 Å². The molecule has 1 aromatic carbocycles. The third kappa shape index (κ3) is 3.52. The van der Waals surface area contributed by atoms with Crippen molar-refractivity contribution in [2.75, 3.05) is 20.1 Å². The number of carbonyl (C=O) groups is 2. The van der Waals surface area contributed by atoms with Crippen LogP contribution in [0.2, 0.25) is 0 Å². The number of ketones is 1. The fraction of sp³-hybridized carbons (Fsp3) is 0.409. The number of hydrogen-bond acceptors (Lipinski definition) is 4. The second kappa shape index (κ2) is 7.24. The van der Waals surface area contributed by atoms with E-state index in [0.717, 1.165) is 30.8 Å². The second-order valence-corrected chi connectivity index (χ2v) is 7.66. The average molecular weight is 363 g/mol. The van der Waals surface area contributed by atoms with Crippen LogP contribution in [0, 0.1) is 0 Å². The van der Waals surface area contributed by atoms with Gasteiger partial charge >= 0.3 is 0 Å². The lowest BCUT2D eigenvalue weighted by Crippen LogP contribution is -2.39. The van der Waals surface area contributed by atoms with E-state index in [1.165, 1.54) is 19.8 Å². The SMILES string of the molecule is CC(=O)c1ccc(-c2cccc(C(=O)N3CC[C@@H]4CC[C@H](C3)N4C)c2)nc1. The molecule has 0 N–H and O–H groups in total. The molecule has 2 aliphatic rings. The standard InChI is InChI=1S/C22H25N3O2/c1-15(26)18-6-9-21(23-13-18)16-4-3-5-17(12-16)22(27)25-11-10-19-7-8-20(14-25)24(19)2/h3-6,9,12-13,19-20H,7-8,10-11,14H2,1-2H3/t19-,20+/m0/s1. The van der Waals surface area contributed by atoms with Crippen LogP contribution in [0.1, 0.15) is 46.9 Å². The highest BCUT2D eigenvalue weighted by Gasteiger charge is 2.36. The number of rotatable bonds is 3. The fourth-order valence-corrected chi connectivity index (χ4v) is 4.26. The van der Waals surface area contributed by atoms with Gasteiger partial charge < -0.3 is 4.90 Å². The van der Waals surface area contributed by atoms with Gasteiger partial charge in [0.05, 0.1) is 5.69 Å². The molecule has 0 aliphatic carbocycles. The van der Waals surface area contributed by atoms with Gasteiger partial charge in [0.15, 0.2) is 5.78 Å². The first-order valence-corrected chi connectivity index (χ1v) is 9.61. The molecule has 0 unspecified atom stereocenters. The van der Waals surface area contributed by atoms with Gasteiger partial charge in [-0.1, -0.05) is 12.1 Å². The van der Waals surface area contributed by atoms with E-state index in [2.05, 4.69) is 16.9 Å². The maximum absolute atomic E-state index is 13.1. The molecule has 5 heteroatoms. The number of benzene rings is 1. The molecular formula is C22H25N3O2. The molecule has 0 saturated carbocycles. The molecule has 4 rings (SSSR count). The third-order valence-electron chi connectivity index (χ3n) is 6.01. The summed E-state index contributed by atoms with van der Waals surface area (Å²) in [5.74, 6) is 0.0940. The molecule has 2 aliphatic heterocycles. The predicted octanol–water partition coefficient (Wildman–Crippen LogP) is 3.26. The molecule has 2 aromatic rings. The number of nitrogens with zero attached hydrogens (tertiary/aromatic N) is 3. The molecule has 27 heavy (non-hydrogen) atoms. The zero-order valence-electron chi connectivity index (χ0n) is 15.9. The van der Waals surface area contributed by atoms with Crippen LogP contribution in [0.4, 0.5) is 0 Å². The number of likely N-dealkylation sites (tertiary alicyclic amines) is 1. The van der Waals surface area contributed by atoms with Crippen LogP contribution < -0.4 is 0 Å². The van der Waals surface area contributed by atoms with Crippen molar-refractivity contribution in [3.63, 3.8) is 0 Å². The smallest absolute Gasteiger partial charge is 0.253 e. The van der Waals surface area contributed by atoms with Crippen LogP contribution in [-0.4, -0.2) is 58.7 Å². The molecule has 3 heterocycles. The van der Waals surface area contributed by atoms with E-state index < -0.39 is 0 Å². The van der Waals surface area contributed by atoms with Gasteiger partial charge in [0.25, 0.3) is 5.91 Å². The molecule has 1 aromatic heterocycles. The van der Waals surface area contributed by atoms with Crippen molar-refractivity contribution in [2.24, 2.45) is 0 Å². The van der Waals surface area contributed by atoms with Gasteiger partial charge in [0, 0.05) is 48.1 Å². The first-order valence-electron chi connectivity index (χ1n) is 9.61. The van der Waals surface area contributed by atoms with Crippen LogP contribution in [0.3, 0.4) is 0 Å². The molecule has 2 atom stereocenters. The molecule has 0 spiro atoms. The Balaban J connectivity index is 1.55. The Morgan fingerprint density at radius 2 is 1.85 bits per heavy atom. The van der Waals surface area contributed by atoms with E-state index >= 15 is 0 Å². The normalized spacial score (nSPS) is 22.5. The van der Waals surface area contributed by atoms with Crippen LogP contribution in [0.15, 0.2) is 42.6 Å². The highest BCUT2D eigenvalue weighted by Crippen LogP contribution is 2.29. The Labute approximate surface area is 160 Å². The largest absolute Gasteiger partial charge is 0.337 e. The summed E-state index contributed by atoms with van der Waals surface area (Å²) < 4.78 is 0. The monoisotopic (exact) mass is 363 g/mol. The Hall–Kier alpha value is -2.53. The minimum absolute atomic E-state index is 0.00147. The van der Waals surface area contributed by atoms with Crippen molar-refractivity contribution in [3.05, 3.63) is 53.7 Å². The lowest BCUT2D eigenvalue weighted by atomic mass is 10.0. The van der Waals surface area contributed by atoms with Crippen molar-refractivity contribution in [3.8, 4) is 11.3 Å². The van der Waals surface area contributed by atoms with Crippen molar-refractivity contribution in [2.45, 2.75) is 38.3 Å². The summed E-state index contributed by atoms with van der Waals surface area (Å²) in [5.41, 5.74) is 2.95. The summed E-state index contributed by atoms with van der Waals surface area (Å²) >= 11 is 0. The van der Waals surface area contributed by atoms with Gasteiger partial charge in [-0.15, -0.1) is 0 Å². The summed E-state index contributed by atoms with van der Waals surface area (Å²) in [6.07, 6.45) is 5.07. The van der Waals surface area contributed by atoms with Crippen molar-refractivity contribution < 1.29 is 9.59 Å². The van der Waals surface area contributed by atoms with Gasteiger partial charge in [0.2, 0.25) is 0 Å². The van der Waals surface area contributed by atoms with E-state index in [1.807, 2.05) is 35.2 Å². The number of aromatic nitrogens is 1. The minimum atomic E-state index is -0.00147. The third-order valence-corrected chi connectivity index (χ3v) is 6.01. The number of hydrogen-bond donors (Lipinski definition) is 0. The molecule has 0 radical (unpaired) electrons. The number of Topliss-reactive ketones (excluding diaryl/α,β-unsaturated/α-hetero) is 1. The summed E-state index contributed by atoms with van der Waals surface area (Å²) in [6, 6.07) is 12.3. The van der Waals surface area contributed by atoms with E-state index in [9.17, 15) is 9.59 Å². The number of fused-ring (bicyclic) bond motifs is 2. The summed E-state index contributed by atoms with van der Waals surface area (Å²) in [6.45, 7) is 3.16. The number of carbonyl (C=O) groups excluding carboxylic acids is 2. The molecule has 140 valence electrons. The van der Waals surface area contributed by atoms with E-state index in [0.29, 0.717) is 23.2 Å². The number of pyridine rings is 1. The van der Waals surface area contributed by atoms with Gasteiger partial charge in [-0.2, -0.15) is 0 Å². The van der Waals surface area contributed by atoms with Crippen LogP contribution in [0.25, 0.3) is 11.3 Å². The lowest BCUT2D eigenvalue weighted by molar-refractivity contribution is 0.0740. The highest BCUT2D eigenvalue weighted by atomic mass is 16.2. The van der Waals surface area contributed by atoms with E-state index in [1.54, 1.807) is 12.3 Å². The topological polar surface area (TPSA) is 53.5 Å². The second-order valence-electron chi connectivity index (χ2n) is 7.66. The number of likely N-dealkylation sites (N-methyl/N-ethyl adjacent to an activating group) is 1. The Morgan fingerprint density at radius 3 is 2.59 bits per heavy atom. The first kappa shape index (κ1) is 17.9. The zero-order chi connectivity index (χ0) is 19.0. The van der Waals surface area contributed by atoms with Gasteiger partial charge in [0.1, 0.15) is 0 Å². The average Bonchev–Trinajstić information content (AvgIpc) is 2.93. The minimum Gasteiger partial charge on any atom is -0.337 e. The van der Waals surface area contributed by atoms with Crippen molar-refractivity contribution >= 4 is 11.7 Å². The maximum atomic E-state index is 13.1. The molecule has 2 bridgehead atoms. The molecular weight excluding hydrogens is 338 g/mol. The zero-order valence-corrected chi connectivity index (χ0v) is 15.9. The van der Waals surface area contributed by atoms with Crippen LogP contribution in [-0.2, 0) is 0 Å². The van der Waals surface area contributed by atoms with Gasteiger partial charge in [-0.3, -0.25) is 19.5 Å². The van der Waals surface area contributed by atoms with Gasteiger partial charge in [-0.05, 0) is 57.5 Å². The van der Waals surface area contributed by atoms with Gasteiger partial charge in [-0.25, -0.2) is 0 Å². The molecule has 2 fully saturated rings. The van der Waals surface area contributed by atoms with E-state index in [4.69, 9.17) is 0 Å². The van der Waals surface area contributed by atoms with Crippen LogP contribution in [0.5, 0.6) is 0 Å². The summed E-state index contributed by atoms with van der Waals surface area (Å²) in [7, 11) is 2.19. The molecule has 1 amide bonds. The van der Waals surface area contributed by atoms with Crippen molar-refractivity contribution in [1.29, 1.82) is 0 Å². The van der Waals surface area contributed by atoms with Crippen LogP contribution >= 0.6 is 0 Å². The Bertz CT molecular complexity index is 862. The molecule has 2 saturated heterocycles. The van der Waals surface area contributed by atoms with E-state index in [-0.39, 0.29) is 11.7 Å². The highest BCUT2D eigenvalue weighted by molar-refractivity contribution is 5.96. The maximum Gasteiger partial charge on any atom is 0.253 e. The Kier molecular flexibility index (Phi) is 4.79. The Morgan fingerprint density at radius 1 is 1.04 bits per heavy atom. The quantitative estimate of drug-likeness (QED) is 0.786.